The normalized spacial score (nSPS) is 28.4. The third kappa shape index (κ3) is 1.46. The van der Waals surface area contributed by atoms with Crippen LogP contribution >= 0.6 is 0 Å². The first-order valence-electron chi connectivity index (χ1n) is 3.56. The summed E-state index contributed by atoms with van der Waals surface area (Å²) in [4.78, 5) is 11.1. The van der Waals surface area contributed by atoms with E-state index in [1.807, 2.05) is 0 Å². The minimum Gasteiger partial charge on any atom is -0.508 e. The summed E-state index contributed by atoms with van der Waals surface area (Å²) in [5.74, 6) is -0.642. The summed E-state index contributed by atoms with van der Waals surface area (Å²) in [6.45, 7) is 3.42. The van der Waals surface area contributed by atoms with Crippen molar-refractivity contribution >= 4 is 5.78 Å². The molecule has 1 rings (SSSR count). The highest BCUT2D eigenvalue weighted by atomic mass is 16.3. The molecule has 3 heteroatoms. The lowest BCUT2D eigenvalue weighted by atomic mass is 9.90. The van der Waals surface area contributed by atoms with Crippen LogP contribution in [0.25, 0.3) is 0 Å². The molecule has 3 nitrogen and oxygen atoms in total. The maximum Gasteiger partial charge on any atom is 0.195 e. The zero-order valence-electron chi connectivity index (χ0n) is 6.53. The molecule has 0 aromatic carbocycles. The maximum atomic E-state index is 11.1. The zero-order valence-corrected chi connectivity index (χ0v) is 6.53. The van der Waals surface area contributed by atoms with Gasteiger partial charge < -0.3 is 10.2 Å². The second-order valence-corrected chi connectivity index (χ2v) is 2.68. The van der Waals surface area contributed by atoms with Crippen molar-refractivity contribution in [3.8, 4) is 0 Å². The largest absolute Gasteiger partial charge is 0.508 e. The minimum absolute atomic E-state index is 0.131. The van der Waals surface area contributed by atoms with E-state index < -0.39 is 11.4 Å². The Hall–Kier alpha value is -1.35. The van der Waals surface area contributed by atoms with Gasteiger partial charge in [-0.1, -0.05) is 6.08 Å². The van der Waals surface area contributed by atoms with Crippen molar-refractivity contribution in [1.82, 2.24) is 0 Å². The smallest absolute Gasteiger partial charge is 0.195 e. The van der Waals surface area contributed by atoms with Gasteiger partial charge in [-0.05, 0) is 12.2 Å². The van der Waals surface area contributed by atoms with Gasteiger partial charge in [-0.25, -0.2) is 0 Å². The molecule has 0 heterocycles. The Kier molecular flexibility index (Phi) is 2.15. The number of aliphatic hydroxyl groups excluding tert-OH is 1. The maximum absolute atomic E-state index is 11.1. The third-order valence-electron chi connectivity index (χ3n) is 1.69. The molecule has 0 aromatic heterocycles. The fraction of sp³-hybridized carbons (Fsp3) is 0.222. The van der Waals surface area contributed by atoms with Gasteiger partial charge in [0, 0.05) is 12.5 Å². The fourth-order valence-corrected chi connectivity index (χ4v) is 1.00. The Morgan fingerprint density at radius 3 is 2.83 bits per heavy atom. The number of hydrogen-bond donors (Lipinski definition) is 2. The highest BCUT2D eigenvalue weighted by Gasteiger charge is 2.32. The van der Waals surface area contributed by atoms with E-state index in [0.29, 0.717) is 0 Å². The number of ketones is 1. The number of allylic oxidation sites excluding steroid dienone is 1. The Labute approximate surface area is 70.3 Å². The van der Waals surface area contributed by atoms with E-state index in [1.54, 1.807) is 0 Å². The quantitative estimate of drug-likeness (QED) is 0.598. The Morgan fingerprint density at radius 2 is 2.33 bits per heavy atom. The van der Waals surface area contributed by atoms with Crippen molar-refractivity contribution in [3.63, 3.8) is 0 Å². The second kappa shape index (κ2) is 2.95. The lowest BCUT2D eigenvalue weighted by Crippen LogP contribution is -2.36. The molecule has 0 fully saturated rings. The van der Waals surface area contributed by atoms with E-state index in [1.165, 1.54) is 18.2 Å². The second-order valence-electron chi connectivity index (χ2n) is 2.68. The van der Waals surface area contributed by atoms with Crippen LogP contribution in [0.15, 0.2) is 36.6 Å². The summed E-state index contributed by atoms with van der Waals surface area (Å²) in [6.07, 6.45) is 5.19. The van der Waals surface area contributed by atoms with E-state index in [9.17, 15) is 9.90 Å². The standard InChI is InChI=1S/C9H10O3/c1-2-4-9(12)5-3-7(10)6-8(9)11/h2-3,5-6,10,12H,1,4H2. The molecule has 64 valence electrons. The molecule has 0 radical (unpaired) electrons. The zero-order chi connectivity index (χ0) is 9.19. The van der Waals surface area contributed by atoms with Crippen molar-refractivity contribution in [3.05, 3.63) is 36.6 Å². The molecular formula is C9H10O3. The average Bonchev–Trinajstić information content (AvgIpc) is 1.99. The minimum atomic E-state index is -1.51. The molecule has 0 aromatic rings. The first kappa shape index (κ1) is 8.74. The van der Waals surface area contributed by atoms with Crippen molar-refractivity contribution in [1.29, 1.82) is 0 Å². The van der Waals surface area contributed by atoms with E-state index >= 15 is 0 Å². The lowest BCUT2D eigenvalue weighted by Gasteiger charge is -2.21. The van der Waals surface area contributed by atoms with Crippen molar-refractivity contribution in [2.24, 2.45) is 0 Å². The highest BCUT2D eigenvalue weighted by Crippen LogP contribution is 2.20. The summed E-state index contributed by atoms with van der Waals surface area (Å²) < 4.78 is 0. The highest BCUT2D eigenvalue weighted by molar-refractivity contribution is 6.00. The summed E-state index contributed by atoms with van der Waals surface area (Å²) in [6, 6.07) is 0. The molecule has 0 spiro atoms. The SMILES string of the molecule is C=CCC1(O)C=CC(O)=CC1=O. The van der Waals surface area contributed by atoms with E-state index in [0.717, 1.165) is 6.08 Å². The monoisotopic (exact) mass is 166 g/mol. The van der Waals surface area contributed by atoms with Gasteiger partial charge in [0.25, 0.3) is 0 Å². The molecule has 1 aliphatic rings. The van der Waals surface area contributed by atoms with E-state index in [2.05, 4.69) is 6.58 Å². The van der Waals surface area contributed by atoms with Crippen LogP contribution < -0.4 is 0 Å². The number of rotatable bonds is 2. The molecule has 0 amide bonds. The molecule has 1 unspecified atom stereocenters. The van der Waals surface area contributed by atoms with Crippen LogP contribution in [-0.2, 0) is 4.79 Å². The Bertz CT molecular complexity index is 275. The molecule has 1 aliphatic carbocycles. The van der Waals surface area contributed by atoms with Gasteiger partial charge in [-0.3, -0.25) is 4.79 Å². The fourth-order valence-electron chi connectivity index (χ4n) is 1.00. The van der Waals surface area contributed by atoms with Gasteiger partial charge in [0.2, 0.25) is 0 Å². The Balaban J connectivity index is 2.90. The first-order chi connectivity index (χ1) is 5.58. The summed E-state index contributed by atoms with van der Waals surface area (Å²) in [5.41, 5.74) is -1.51. The Morgan fingerprint density at radius 1 is 1.67 bits per heavy atom. The number of carbonyl (C=O) groups excluding carboxylic acids is 1. The predicted octanol–water partition coefficient (Wildman–Crippen LogP) is 0.874. The molecule has 0 saturated carbocycles. The summed E-state index contributed by atoms with van der Waals surface area (Å²) in [5, 5.41) is 18.5. The van der Waals surface area contributed by atoms with Gasteiger partial charge in [-0.15, -0.1) is 6.58 Å². The average molecular weight is 166 g/mol. The predicted molar refractivity (Wildman–Crippen MR) is 44.6 cm³/mol. The molecule has 12 heavy (non-hydrogen) atoms. The van der Waals surface area contributed by atoms with Gasteiger partial charge in [-0.2, -0.15) is 0 Å². The van der Waals surface area contributed by atoms with Gasteiger partial charge in [0.05, 0.1) is 0 Å². The first-order valence-corrected chi connectivity index (χ1v) is 3.56. The molecule has 0 aliphatic heterocycles. The van der Waals surface area contributed by atoms with Crippen LogP contribution in [0.2, 0.25) is 0 Å². The topological polar surface area (TPSA) is 57.5 Å². The molecule has 2 N–H and O–H groups in total. The molecule has 0 saturated heterocycles. The van der Waals surface area contributed by atoms with Crippen LogP contribution in [0.1, 0.15) is 6.42 Å². The number of carbonyl (C=O) groups is 1. The van der Waals surface area contributed by atoms with Crippen LogP contribution in [0.5, 0.6) is 0 Å². The van der Waals surface area contributed by atoms with Crippen molar-refractivity contribution in [2.45, 2.75) is 12.0 Å². The van der Waals surface area contributed by atoms with E-state index in [-0.39, 0.29) is 12.2 Å². The molecular weight excluding hydrogens is 156 g/mol. The van der Waals surface area contributed by atoms with Gasteiger partial charge >= 0.3 is 0 Å². The van der Waals surface area contributed by atoms with E-state index in [4.69, 9.17) is 5.11 Å². The summed E-state index contributed by atoms with van der Waals surface area (Å²) in [7, 11) is 0. The van der Waals surface area contributed by atoms with Crippen LogP contribution in [0, 0.1) is 0 Å². The van der Waals surface area contributed by atoms with Gasteiger partial charge in [0.1, 0.15) is 11.4 Å². The number of aliphatic hydroxyl groups is 2. The third-order valence-corrected chi connectivity index (χ3v) is 1.69. The van der Waals surface area contributed by atoms with Crippen molar-refractivity contribution in [2.75, 3.05) is 0 Å². The van der Waals surface area contributed by atoms with Crippen LogP contribution in [-0.4, -0.2) is 21.6 Å². The number of hydrogen-bond acceptors (Lipinski definition) is 3. The molecule has 0 bridgehead atoms. The van der Waals surface area contributed by atoms with Gasteiger partial charge in [0.15, 0.2) is 5.78 Å². The lowest BCUT2D eigenvalue weighted by molar-refractivity contribution is -0.128. The summed E-state index contributed by atoms with van der Waals surface area (Å²) >= 11 is 0. The van der Waals surface area contributed by atoms with Crippen LogP contribution in [0.3, 0.4) is 0 Å². The molecule has 1 atom stereocenters. The van der Waals surface area contributed by atoms with Crippen molar-refractivity contribution < 1.29 is 15.0 Å². The van der Waals surface area contributed by atoms with Crippen LogP contribution in [0.4, 0.5) is 0 Å².